The molecule has 0 saturated heterocycles. The van der Waals surface area contributed by atoms with Crippen LogP contribution in [-0.4, -0.2) is 12.6 Å². The van der Waals surface area contributed by atoms with E-state index in [0.717, 1.165) is 31.4 Å². The average Bonchev–Trinajstić information content (AvgIpc) is 2.25. The third-order valence-corrected chi connectivity index (χ3v) is 2.55. The van der Waals surface area contributed by atoms with Crippen LogP contribution in [-0.2, 0) is 6.42 Å². The quantitative estimate of drug-likeness (QED) is 0.759. The molecule has 0 aliphatic carbocycles. The molecule has 1 aromatic carbocycles. The number of aryl methyl sites for hydroxylation is 1. The monoisotopic (exact) mass is 209 g/mol. The predicted octanol–water partition coefficient (Wildman–Crippen LogP) is 3.15. The summed E-state index contributed by atoms with van der Waals surface area (Å²) in [5.74, 6) is -0.0832. The maximum Gasteiger partial charge on any atom is 0.126 e. The van der Waals surface area contributed by atoms with Crippen molar-refractivity contribution in [2.24, 2.45) is 0 Å². The molecule has 0 fully saturated rings. The summed E-state index contributed by atoms with van der Waals surface area (Å²) in [6, 6.07) is 7.48. The fourth-order valence-electron chi connectivity index (χ4n) is 1.57. The number of hydrogen-bond donors (Lipinski definition) is 1. The van der Waals surface area contributed by atoms with Crippen molar-refractivity contribution in [1.82, 2.24) is 5.32 Å². The van der Waals surface area contributed by atoms with Gasteiger partial charge in [0.2, 0.25) is 0 Å². The molecular weight excluding hydrogens is 189 g/mol. The van der Waals surface area contributed by atoms with Crippen LogP contribution in [0.1, 0.15) is 32.3 Å². The van der Waals surface area contributed by atoms with Crippen LogP contribution >= 0.6 is 0 Å². The number of hydrogen-bond acceptors (Lipinski definition) is 1. The lowest BCUT2D eigenvalue weighted by atomic mass is 10.1. The minimum absolute atomic E-state index is 0.0832. The van der Waals surface area contributed by atoms with Gasteiger partial charge in [0.25, 0.3) is 0 Å². The Morgan fingerprint density at radius 3 is 2.73 bits per heavy atom. The van der Waals surface area contributed by atoms with Crippen molar-refractivity contribution < 1.29 is 4.39 Å². The van der Waals surface area contributed by atoms with Crippen molar-refractivity contribution in [3.63, 3.8) is 0 Å². The zero-order chi connectivity index (χ0) is 11.1. The first-order chi connectivity index (χ1) is 7.24. The largest absolute Gasteiger partial charge is 0.314 e. The molecule has 0 aliphatic heterocycles. The maximum atomic E-state index is 13.3. The van der Waals surface area contributed by atoms with Gasteiger partial charge in [-0.25, -0.2) is 4.39 Å². The molecule has 0 bridgehead atoms. The summed E-state index contributed by atoms with van der Waals surface area (Å²) in [6.45, 7) is 5.34. The van der Waals surface area contributed by atoms with E-state index in [9.17, 15) is 4.39 Å². The second-order valence-corrected chi connectivity index (χ2v) is 3.99. The number of benzene rings is 1. The Balaban J connectivity index is 2.33. The van der Waals surface area contributed by atoms with Crippen molar-refractivity contribution in [3.8, 4) is 0 Å². The summed E-state index contributed by atoms with van der Waals surface area (Å²) in [6.07, 6.45) is 2.94. The zero-order valence-electron chi connectivity index (χ0n) is 9.59. The second-order valence-electron chi connectivity index (χ2n) is 3.99. The Morgan fingerprint density at radius 1 is 1.33 bits per heavy atom. The molecule has 1 unspecified atom stereocenters. The first-order valence-electron chi connectivity index (χ1n) is 5.70. The molecule has 1 nitrogen and oxygen atoms in total. The van der Waals surface area contributed by atoms with E-state index < -0.39 is 0 Å². The van der Waals surface area contributed by atoms with Gasteiger partial charge in [-0.1, -0.05) is 25.1 Å². The summed E-state index contributed by atoms with van der Waals surface area (Å²) in [4.78, 5) is 0. The molecule has 0 radical (unpaired) electrons. The van der Waals surface area contributed by atoms with Crippen molar-refractivity contribution in [2.45, 2.75) is 39.2 Å². The van der Waals surface area contributed by atoms with Gasteiger partial charge >= 0.3 is 0 Å². The highest BCUT2D eigenvalue weighted by molar-refractivity contribution is 5.17. The van der Waals surface area contributed by atoms with E-state index >= 15 is 0 Å². The Hall–Kier alpha value is -0.890. The smallest absolute Gasteiger partial charge is 0.126 e. The fourth-order valence-corrected chi connectivity index (χ4v) is 1.57. The second kappa shape index (κ2) is 6.57. The molecule has 0 spiro atoms. The molecule has 0 heterocycles. The van der Waals surface area contributed by atoms with Gasteiger partial charge in [-0.3, -0.25) is 0 Å². The van der Waals surface area contributed by atoms with Crippen LogP contribution in [0.5, 0.6) is 0 Å². The van der Waals surface area contributed by atoms with Crippen LogP contribution in [0, 0.1) is 5.82 Å². The van der Waals surface area contributed by atoms with Crippen LogP contribution in [0.3, 0.4) is 0 Å². The van der Waals surface area contributed by atoms with E-state index in [-0.39, 0.29) is 5.82 Å². The highest BCUT2D eigenvalue weighted by Gasteiger charge is 2.04. The topological polar surface area (TPSA) is 12.0 Å². The molecule has 84 valence electrons. The van der Waals surface area contributed by atoms with E-state index in [0.29, 0.717) is 6.04 Å². The van der Waals surface area contributed by atoms with Gasteiger partial charge in [-0.15, -0.1) is 0 Å². The fraction of sp³-hybridized carbons (Fsp3) is 0.538. The normalized spacial score (nSPS) is 12.7. The highest BCUT2D eigenvalue weighted by Crippen LogP contribution is 2.09. The molecule has 1 N–H and O–H groups in total. The maximum absolute atomic E-state index is 13.3. The molecular formula is C13H20FN. The van der Waals surface area contributed by atoms with Gasteiger partial charge in [0.1, 0.15) is 5.82 Å². The molecule has 1 atom stereocenters. The van der Waals surface area contributed by atoms with Crippen LogP contribution in [0.4, 0.5) is 4.39 Å². The SMILES string of the molecule is CCCNC(C)CCc1ccccc1F. The van der Waals surface area contributed by atoms with Crippen molar-refractivity contribution in [1.29, 1.82) is 0 Å². The van der Waals surface area contributed by atoms with E-state index in [1.165, 1.54) is 6.07 Å². The number of rotatable bonds is 6. The molecule has 15 heavy (non-hydrogen) atoms. The lowest BCUT2D eigenvalue weighted by molar-refractivity contribution is 0.506. The summed E-state index contributed by atoms with van der Waals surface area (Å²) in [5.41, 5.74) is 0.822. The van der Waals surface area contributed by atoms with Gasteiger partial charge in [0.15, 0.2) is 0 Å². The van der Waals surface area contributed by atoms with Gasteiger partial charge in [0, 0.05) is 6.04 Å². The third-order valence-electron chi connectivity index (χ3n) is 2.55. The highest BCUT2D eigenvalue weighted by atomic mass is 19.1. The number of halogens is 1. The molecule has 1 aromatic rings. The molecule has 1 rings (SSSR count). The van der Waals surface area contributed by atoms with Crippen LogP contribution in [0.15, 0.2) is 24.3 Å². The van der Waals surface area contributed by atoms with E-state index in [4.69, 9.17) is 0 Å². The van der Waals surface area contributed by atoms with Gasteiger partial charge in [-0.05, 0) is 44.4 Å². The Morgan fingerprint density at radius 2 is 2.07 bits per heavy atom. The van der Waals surface area contributed by atoms with E-state index in [2.05, 4.69) is 19.2 Å². The predicted molar refractivity (Wildman–Crippen MR) is 62.5 cm³/mol. The van der Waals surface area contributed by atoms with Crippen molar-refractivity contribution in [3.05, 3.63) is 35.6 Å². The van der Waals surface area contributed by atoms with Gasteiger partial charge in [0.05, 0.1) is 0 Å². The third kappa shape index (κ3) is 4.43. The summed E-state index contributed by atoms with van der Waals surface area (Å²) >= 11 is 0. The lowest BCUT2D eigenvalue weighted by Gasteiger charge is -2.12. The summed E-state index contributed by atoms with van der Waals surface area (Å²) < 4.78 is 13.3. The van der Waals surface area contributed by atoms with Crippen LogP contribution < -0.4 is 5.32 Å². The molecule has 2 heteroatoms. The summed E-state index contributed by atoms with van der Waals surface area (Å²) in [7, 11) is 0. The average molecular weight is 209 g/mol. The van der Waals surface area contributed by atoms with Gasteiger partial charge < -0.3 is 5.32 Å². The Kier molecular flexibility index (Phi) is 5.33. The van der Waals surface area contributed by atoms with Crippen LogP contribution in [0.2, 0.25) is 0 Å². The molecule has 0 aliphatic rings. The minimum Gasteiger partial charge on any atom is -0.314 e. The first kappa shape index (κ1) is 12.2. The lowest BCUT2D eigenvalue weighted by Crippen LogP contribution is -2.27. The van der Waals surface area contributed by atoms with Gasteiger partial charge in [-0.2, -0.15) is 0 Å². The minimum atomic E-state index is -0.0832. The molecule has 0 saturated carbocycles. The van der Waals surface area contributed by atoms with Crippen molar-refractivity contribution in [2.75, 3.05) is 6.54 Å². The molecule has 0 amide bonds. The Labute approximate surface area is 91.7 Å². The Bertz CT molecular complexity index is 286. The summed E-state index contributed by atoms with van der Waals surface area (Å²) in [5, 5.41) is 3.40. The van der Waals surface area contributed by atoms with E-state index in [1.54, 1.807) is 6.07 Å². The molecule has 0 aromatic heterocycles. The van der Waals surface area contributed by atoms with Crippen LogP contribution in [0.25, 0.3) is 0 Å². The standard InChI is InChI=1S/C13H20FN/c1-3-10-15-11(2)8-9-12-6-4-5-7-13(12)14/h4-7,11,15H,3,8-10H2,1-2H3. The number of nitrogens with one attached hydrogen (secondary N) is 1. The zero-order valence-corrected chi connectivity index (χ0v) is 9.59. The first-order valence-corrected chi connectivity index (χ1v) is 5.70. The van der Waals surface area contributed by atoms with Crippen molar-refractivity contribution >= 4 is 0 Å². The van der Waals surface area contributed by atoms with E-state index in [1.807, 2.05) is 12.1 Å².